The van der Waals surface area contributed by atoms with Crippen molar-refractivity contribution in [1.82, 2.24) is 10.6 Å². The summed E-state index contributed by atoms with van der Waals surface area (Å²) in [6.45, 7) is 3.58. The summed E-state index contributed by atoms with van der Waals surface area (Å²) in [5, 5.41) is 15.1. The molecule has 2 atom stereocenters. The van der Waals surface area contributed by atoms with Crippen LogP contribution in [-0.4, -0.2) is 30.2 Å². The third-order valence-electron chi connectivity index (χ3n) is 3.64. The fourth-order valence-corrected chi connectivity index (χ4v) is 2.36. The predicted molar refractivity (Wildman–Crippen MR) is 74.7 cm³/mol. The lowest BCUT2D eigenvalue weighted by Gasteiger charge is -2.25. The van der Waals surface area contributed by atoms with Crippen molar-refractivity contribution < 1.29 is 9.90 Å². The van der Waals surface area contributed by atoms with Gasteiger partial charge in [-0.15, -0.1) is 0 Å². The highest BCUT2D eigenvalue weighted by Crippen LogP contribution is 2.16. The van der Waals surface area contributed by atoms with Crippen molar-refractivity contribution in [1.29, 1.82) is 0 Å². The minimum Gasteiger partial charge on any atom is -0.396 e. The van der Waals surface area contributed by atoms with Crippen molar-refractivity contribution in [2.24, 2.45) is 5.92 Å². The van der Waals surface area contributed by atoms with E-state index >= 15 is 0 Å². The Morgan fingerprint density at radius 3 is 2.95 bits per heavy atom. The topological polar surface area (TPSA) is 61.4 Å². The Balaban J connectivity index is 1.85. The minimum atomic E-state index is -0.142. The van der Waals surface area contributed by atoms with Crippen LogP contribution < -0.4 is 10.6 Å². The Labute approximate surface area is 114 Å². The summed E-state index contributed by atoms with van der Waals surface area (Å²) < 4.78 is 0. The van der Waals surface area contributed by atoms with Gasteiger partial charge in [0.05, 0.1) is 6.04 Å². The summed E-state index contributed by atoms with van der Waals surface area (Å²) in [5.74, 6) is 0.365. The maximum absolute atomic E-state index is 12.1. The molecule has 1 amide bonds. The molecule has 0 radical (unpaired) electrons. The molecule has 0 fully saturated rings. The molecule has 1 aliphatic rings. The zero-order valence-electron chi connectivity index (χ0n) is 11.4. The van der Waals surface area contributed by atoms with Gasteiger partial charge in [0.25, 0.3) is 0 Å². The van der Waals surface area contributed by atoms with E-state index in [4.69, 9.17) is 5.11 Å². The highest BCUT2D eigenvalue weighted by molar-refractivity contribution is 5.82. The second-order valence-corrected chi connectivity index (χ2v) is 5.27. The summed E-state index contributed by atoms with van der Waals surface area (Å²) in [6, 6.07) is 8.08. The molecule has 1 aromatic rings. The smallest absolute Gasteiger partial charge is 0.237 e. The van der Waals surface area contributed by atoms with E-state index in [2.05, 4.69) is 22.8 Å². The number of hydrogen-bond donors (Lipinski definition) is 3. The van der Waals surface area contributed by atoms with E-state index in [0.29, 0.717) is 12.5 Å². The monoisotopic (exact) mass is 262 g/mol. The number of amides is 1. The molecule has 1 heterocycles. The molecular formula is C15H22N2O2. The quantitative estimate of drug-likeness (QED) is 0.737. The van der Waals surface area contributed by atoms with Crippen molar-refractivity contribution in [3.63, 3.8) is 0 Å². The average Bonchev–Trinajstić information content (AvgIpc) is 2.44. The molecule has 4 nitrogen and oxygen atoms in total. The third-order valence-corrected chi connectivity index (χ3v) is 3.64. The fourth-order valence-electron chi connectivity index (χ4n) is 2.36. The summed E-state index contributed by atoms with van der Waals surface area (Å²) in [7, 11) is 0. The molecule has 1 aromatic carbocycles. The first-order valence-electron chi connectivity index (χ1n) is 6.89. The first-order valence-corrected chi connectivity index (χ1v) is 6.89. The number of aliphatic hydroxyl groups excluding tert-OH is 1. The number of fused-ring (bicyclic) bond motifs is 1. The van der Waals surface area contributed by atoms with E-state index in [1.54, 1.807) is 0 Å². The second-order valence-electron chi connectivity index (χ2n) is 5.27. The van der Waals surface area contributed by atoms with Crippen LogP contribution in [0, 0.1) is 5.92 Å². The van der Waals surface area contributed by atoms with Gasteiger partial charge in [-0.1, -0.05) is 31.2 Å². The molecule has 0 saturated carbocycles. The second kappa shape index (κ2) is 6.68. The Morgan fingerprint density at radius 1 is 1.47 bits per heavy atom. The van der Waals surface area contributed by atoms with E-state index in [0.717, 1.165) is 19.4 Å². The van der Waals surface area contributed by atoms with Gasteiger partial charge >= 0.3 is 0 Å². The first kappa shape index (κ1) is 14.0. The largest absolute Gasteiger partial charge is 0.396 e. The summed E-state index contributed by atoms with van der Waals surface area (Å²) in [6.07, 6.45) is 1.47. The van der Waals surface area contributed by atoms with Crippen LogP contribution in [0.3, 0.4) is 0 Å². The van der Waals surface area contributed by atoms with Gasteiger partial charge in [0.15, 0.2) is 0 Å². The molecule has 4 heteroatoms. The number of nitrogens with one attached hydrogen (secondary N) is 2. The van der Waals surface area contributed by atoms with Gasteiger partial charge < -0.3 is 15.7 Å². The van der Waals surface area contributed by atoms with Gasteiger partial charge in [0.1, 0.15) is 0 Å². The summed E-state index contributed by atoms with van der Waals surface area (Å²) in [4.78, 5) is 12.1. The molecule has 1 aliphatic heterocycles. The predicted octanol–water partition coefficient (Wildman–Crippen LogP) is 0.836. The molecule has 0 spiro atoms. The molecule has 19 heavy (non-hydrogen) atoms. The van der Waals surface area contributed by atoms with E-state index in [-0.39, 0.29) is 18.6 Å². The van der Waals surface area contributed by atoms with Gasteiger partial charge in [-0.2, -0.15) is 0 Å². The lowest BCUT2D eigenvalue weighted by molar-refractivity contribution is -0.123. The van der Waals surface area contributed by atoms with Gasteiger partial charge in [-0.05, 0) is 29.9 Å². The summed E-state index contributed by atoms with van der Waals surface area (Å²) >= 11 is 0. The lowest BCUT2D eigenvalue weighted by atomic mass is 9.95. The van der Waals surface area contributed by atoms with E-state index in [9.17, 15) is 4.79 Å². The molecule has 2 rings (SSSR count). The Hall–Kier alpha value is -1.39. The minimum absolute atomic E-state index is 0.0549. The van der Waals surface area contributed by atoms with Crippen molar-refractivity contribution >= 4 is 5.91 Å². The zero-order chi connectivity index (χ0) is 13.7. The van der Waals surface area contributed by atoms with Crippen molar-refractivity contribution in [2.75, 3.05) is 13.2 Å². The van der Waals surface area contributed by atoms with Gasteiger partial charge in [-0.25, -0.2) is 0 Å². The molecule has 0 bridgehead atoms. The number of carbonyl (C=O) groups excluding carboxylic acids is 1. The third kappa shape index (κ3) is 3.78. The molecule has 3 N–H and O–H groups in total. The van der Waals surface area contributed by atoms with Crippen LogP contribution >= 0.6 is 0 Å². The molecular weight excluding hydrogens is 240 g/mol. The highest BCUT2D eigenvalue weighted by atomic mass is 16.3. The molecule has 0 aromatic heterocycles. The van der Waals surface area contributed by atoms with E-state index < -0.39 is 0 Å². The maximum Gasteiger partial charge on any atom is 0.237 e. The van der Waals surface area contributed by atoms with E-state index in [1.165, 1.54) is 11.1 Å². The Morgan fingerprint density at radius 2 is 2.21 bits per heavy atom. The van der Waals surface area contributed by atoms with Crippen LogP contribution in [-0.2, 0) is 17.8 Å². The number of hydrogen-bond acceptors (Lipinski definition) is 3. The van der Waals surface area contributed by atoms with Crippen molar-refractivity contribution in [3.8, 4) is 0 Å². The maximum atomic E-state index is 12.1. The van der Waals surface area contributed by atoms with Crippen LogP contribution in [0.5, 0.6) is 0 Å². The van der Waals surface area contributed by atoms with Gasteiger partial charge in [0.2, 0.25) is 5.91 Å². The Bertz CT molecular complexity index is 434. The number of benzene rings is 1. The van der Waals surface area contributed by atoms with Crippen LogP contribution in [0.15, 0.2) is 24.3 Å². The van der Waals surface area contributed by atoms with Gasteiger partial charge in [0, 0.05) is 19.7 Å². The normalized spacial score (nSPS) is 19.6. The Kier molecular flexibility index (Phi) is 4.93. The summed E-state index contributed by atoms with van der Waals surface area (Å²) in [5.41, 5.74) is 2.53. The standard InChI is InChI=1S/C15H22N2O2/c1-11(6-7-18)9-17-15(19)14-8-12-4-2-3-5-13(12)10-16-14/h2-5,11,14,16,18H,6-10H2,1H3,(H,17,19)/t11?,14-/m1/s1. The van der Waals surface area contributed by atoms with Crippen LogP contribution in [0.25, 0.3) is 0 Å². The van der Waals surface area contributed by atoms with Crippen LogP contribution in [0.2, 0.25) is 0 Å². The van der Waals surface area contributed by atoms with E-state index in [1.807, 2.05) is 19.1 Å². The SMILES string of the molecule is CC(CCO)CNC(=O)[C@H]1Cc2ccccc2CN1. The van der Waals surface area contributed by atoms with Crippen molar-refractivity contribution in [2.45, 2.75) is 32.4 Å². The average molecular weight is 262 g/mol. The number of aliphatic hydroxyl groups is 1. The first-order chi connectivity index (χ1) is 9.20. The van der Waals surface area contributed by atoms with Gasteiger partial charge in [-0.3, -0.25) is 4.79 Å². The molecule has 0 aliphatic carbocycles. The number of rotatable bonds is 5. The molecule has 0 saturated heterocycles. The molecule has 104 valence electrons. The highest BCUT2D eigenvalue weighted by Gasteiger charge is 2.23. The number of carbonyl (C=O) groups is 1. The van der Waals surface area contributed by atoms with Crippen LogP contribution in [0.4, 0.5) is 0 Å². The molecule has 1 unspecified atom stereocenters. The zero-order valence-corrected chi connectivity index (χ0v) is 11.4. The lowest BCUT2D eigenvalue weighted by Crippen LogP contribution is -2.48. The van der Waals surface area contributed by atoms with Crippen molar-refractivity contribution in [3.05, 3.63) is 35.4 Å². The fraction of sp³-hybridized carbons (Fsp3) is 0.533. The van der Waals surface area contributed by atoms with Crippen LogP contribution in [0.1, 0.15) is 24.5 Å².